The average molecular weight is 237 g/mol. The normalized spacial score (nSPS) is 10.2. The first-order valence-corrected chi connectivity index (χ1v) is 5.16. The Balaban J connectivity index is 2.46. The molecule has 0 saturated heterocycles. The predicted molar refractivity (Wildman–Crippen MR) is 59.7 cm³/mol. The molecule has 0 radical (unpaired) electrons. The molecule has 5 nitrogen and oxygen atoms in total. The molecule has 0 atom stereocenters. The van der Waals surface area contributed by atoms with E-state index in [1.165, 1.54) is 24.3 Å². The SMILES string of the molecule is O=[N+]([O-])c1ccc(-c2ccc(O)cc2O)s1. The summed E-state index contributed by atoms with van der Waals surface area (Å²) in [5.74, 6) is -0.149. The van der Waals surface area contributed by atoms with E-state index in [9.17, 15) is 15.2 Å². The summed E-state index contributed by atoms with van der Waals surface area (Å²) in [5.41, 5.74) is 0.468. The third-order valence-corrected chi connectivity index (χ3v) is 3.09. The summed E-state index contributed by atoms with van der Waals surface area (Å²) in [6.07, 6.45) is 0. The second-order valence-corrected chi connectivity index (χ2v) is 4.16. The third kappa shape index (κ3) is 1.82. The van der Waals surface area contributed by atoms with Gasteiger partial charge < -0.3 is 10.2 Å². The van der Waals surface area contributed by atoms with Gasteiger partial charge in [-0.05, 0) is 18.2 Å². The maximum atomic E-state index is 10.5. The van der Waals surface area contributed by atoms with Crippen molar-refractivity contribution in [1.82, 2.24) is 0 Å². The van der Waals surface area contributed by atoms with E-state index in [-0.39, 0.29) is 16.5 Å². The Morgan fingerprint density at radius 2 is 1.94 bits per heavy atom. The summed E-state index contributed by atoms with van der Waals surface area (Å²) in [7, 11) is 0. The van der Waals surface area contributed by atoms with Gasteiger partial charge in [-0.25, -0.2) is 0 Å². The largest absolute Gasteiger partial charge is 0.508 e. The van der Waals surface area contributed by atoms with Crippen molar-refractivity contribution in [3.8, 4) is 21.9 Å². The Morgan fingerprint density at radius 1 is 1.19 bits per heavy atom. The van der Waals surface area contributed by atoms with E-state index in [1.807, 2.05) is 0 Å². The average Bonchev–Trinajstić information content (AvgIpc) is 2.66. The van der Waals surface area contributed by atoms with Crippen LogP contribution in [0.25, 0.3) is 10.4 Å². The monoisotopic (exact) mass is 237 g/mol. The zero-order chi connectivity index (χ0) is 11.7. The number of nitrogens with zero attached hydrogens (tertiary/aromatic N) is 1. The molecule has 2 rings (SSSR count). The van der Waals surface area contributed by atoms with Crippen molar-refractivity contribution in [3.05, 3.63) is 40.4 Å². The fraction of sp³-hybridized carbons (Fsp3) is 0. The molecule has 1 aromatic heterocycles. The van der Waals surface area contributed by atoms with E-state index in [0.717, 1.165) is 11.3 Å². The number of phenolic OH excluding ortho intramolecular Hbond substituents is 2. The Labute approximate surface area is 94.4 Å². The van der Waals surface area contributed by atoms with E-state index < -0.39 is 4.92 Å². The molecule has 82 valence electrons. The van der Waals surface area contributed by atoms with Crippen LogP contribution in [0.3, 0.4) is 0 Å². The molecule has 16 heavy (non-hydrogen) atoms. The lowest BCUT2D eigenvalue weighted by molar-refractivity contribution is -0.380. The number of rotatable bonds is 2. The van der Waals surface area contributed by atoms with E-state index in [4.69, 9.17) is 5.11 Å². The zero-order valence-electron chi connectivity index (χ0n) is 7.95. The molecule has 0 fully saturated rings. The summed E-state index contributed by atoms with van der Waals surface area (Å²) < 4.78 is 0. The molecule has 0 aliphatic heterocycles. The second-order valence-electron chi connectivity index (χ2n) is 3.10. The van der Waals surface area contributed by atoms with Crippen LogP contribution in [-0.4, -0.2) is 15.1 Å². The number of thiophene rings is 1. The molecule has 1 heterocycles. The molecule has 0 saturated carbocycles. The molecule has 2 aromatic rings. The highest BCUT2D eigenvalue weighted by atomic mass is 32.1. The predicted octanol–water partition coefficient (Wildman–Crippen LogP) is 2.73. The smallest absolute Gasteiger partial charge is 0.324 e. The molecule has 0 amide bonds. The topological polar surface area (TPSA) is 83.6 Å². The number of hydrogen-bond acceptors (Lipinski definition) is 5. The molecule has 2 N–H and O–H groups in total. The molecule has 0 bridgehead atoms. The first-order chi connectivity index (χ1) is 7.58. The van der Waals surface area contributed by atoms with Crippen LogP contribution in [0.5, 0.6) is 11.5 Å². The minimum atomic E-state index is -0.481. The lowest BCUT2D eigenvalue weighted by Gasteiger charge is -2.01. The van der Waals surface area contributed by atoms with Crippen LogP contribution in [0.1, 0.15) is 0 Å². The first kappa shape index (κ1) is 10.4. The van der Waals surface area contributed by atoms with Crippen LogP contribution in [0.2, 0.25) is 0 Å². The molecule has 0 aliphatic carbocycles. The standard InChI is InChI=1S/C10H7NO4S/c12-6-1-2-7(8(13)5-6)9-3-4-10(16-9)11(14)15/h1-5,12-13H. The summed E-state index contributed by atoms with van der Waals surface area (Å²) >= 11 is 0.973. The van der Waals surface area contributed by atoms with Crippen LogP contribution in [0.4, 0.5) is 5.00 Å². The van der Waals surface area contributed by atoms with Gasteiger partial charge in [-0.15, -0.1) is 0 Å². The highest BCUT2D eigenvalue weighted by Gasteiger charge is 2.13. The van der Waals surface area contributed by atoms with Crippen molar-refractivity contribution in [2.75, 3.05) is 0 Å². The summed E-state index contributed by atoms with van der Waals surface area (Å²) in [5, 5.41) is 29.2. The lowest BCUT2D eigenvalue weighted by Crippen LogP contribution is -1.80. The van der Waals surface area contributed by atoms with Gasteiger partial charge in [0.15, 0.2) is 0 Å². The van der Waals surface area contributed by atoms with E-state index in [1.54, 1.807) is 6.07 Å². The van der Waals surface area contributed by atoms with Gasteiger partial charge in [0.25, 0.3) is 0 Å². The van der Waals surface area contributed by atoms with Gasteiger partial charge in [-0.3, -0.25) is 10.1 Å². The first-order valence-electron chi connectivity index (χ1n) is 4.34. The molecule has 0 aliphatic rings. The number of nitro groups is 1. The fourth-order valence-electron chi connectivity index (χ4n) is 1.30. The van der Waals surface area contributed by atoms with Crippen molar-refractivity contribution < 1.29 is 15.1 Å². The van der Waals surface area contributed by atoms with Gasteiger partial charge in [0.2, 0.25) is 0 Å². The maximum Gasteiger partial charge on any atom is 0.324 e. The minimum Gasteiger partial charge on any atom is -0.508 e. The molecule has 1 aromatic carbocycles. The van der Waals surface area contributed by atoms with E-state index in [0.29, 0.717) is 10.4 Å². The van der Waals surface area contributed by atoms with Gasteiger partial charge >= 0.3 is 5.00 Å². The summed E-state index contributed by atoms with van der Waals surface area (Å²) in [6.45, 7) is 0. The number of aromatic hydroxyl groups is 2. The molecule has 0 unspecified atom stereocenters. The Kier molecular flexibility index (Phi) is 2.49. The maximum absolute atomic E-state index is 10.5. The van der Waals surface area contributed by atoms with Crippen LogP contribution >= 0.6 is 11.3 Å². The van der Waals surface area contributed by atoms with Crippen LogP contribution in [-0.2, 0) is 0 Å². The van der Waals surface area contributed by atoms with Gasteiger partial charge in [0, 0.05) is 22.6 Å². The Hall–Kier alpha value is -2.08. The highest BCUT2D eigenvalue weighted by molar-refractivity contribution is 7.18. The van der Waals surface area contributed by atoms with Crippen LogP contribution < -0.4 is 0 Å². The van der Waals surface area contributed by atoms with Gasteiger partial charge in [0.05, 0.1) is 4.92 Å². The van der Waals surface area contributed by atoms with E-state index in [2.05, 4.69) is 0 Å². The number of phenols is 2. The molecular formula is C10H7NO4S. The van der Waals surface area contributed by atoms with Crippen molar-refractivity contribution in [3.63, 3.8) is 0 Å². The summed E-state index contributed by atoms with van der Waals surface area (Å²) in [4.78, 5) is 10.6. The minimum absolute atomic E-state index is 0.0162. The quantitative estimate of drug-likeness (QED) is 0.621. The molecule has 6 heteroatoms. The zero-order valence-corrected chi connectivity index (χ0v) is 8.77. The van der Waals surface area contributed by atoms with Crippen LogP contribution in [0, 0.1) is 10.1 Å². The second kappa shape index (κ2) is 3.82. The Morgan fingerprint density at radius 3 is 2.50 bits per heavy atom. The van der Waals surface area contributed by atoms with E-state index >= 15 is 0 Å². The number of hydrogen-bond donors (Lipinski definition) is 2. The van der Waals surface area contributed by atoms with Crippen LogP contribution in [0.15, 0.2) is 30.3 Å². The van der Waals surface area contributed by atoms with Crippen molar-refractivity contribution >= 4 is 16.3 Å². The Bertz CT molecular complexity index is 550. The fourth-order valence-corrected chi connectivity index (χ4v) is 2.15. The van der Waals surface area contributed by atoms with Crippen molar-refractivity contribution in [2.45, 2.75) is 0 Å². The number of benzene rings is 1. The van der Waals surface area contributed by atoms with Crippen molar-refractivity contribution in [2.24, 2.45) is 0 Å². The van der Waals surface area contributed by atoms with Crippen molar-refractivity contribution in [1.29, 1.82) is 0 Å². The highest BCUT2D eigenvalue weighted by Crippen LogP contribution is 2.38. The molecule has 0 spiro atoms. The molecular weight excluding hydrogens is 230 g/mol. The van der Waals surface area contributed by atoms with Gasteiger partial charge in [0.1, 0.15) is 11.5 Å². The third-order valence-electron chi connectivity index (χ3n) is 2.02. The van der Waals surface area contributed by atoms with Gasteiger partial charge in [-0.1, -0.05) is 11.3 Å². The summed E-state index contributed by atoms with van der Waals surface area (Å²) in [6, 6.07) is 7.07. The lowest BCUT2D eigenvalue weighted by atomic mass is 10.1. The van der Waals surface area contributed by atoms with Gasteiger partial charge in [-0.2, -0.15) is 0 Å².